The smallest absolute Gasteiger partial charge is 0.243 e. The van der Waals surface area contributed by atoms with Gasteiger partial charge in [-0.1, -0.05) is 30.0 Å². The molecule has 1 aromatic carbocycles. The number of thiazole rings is 1. The molecule has 12 heteroatoms. The van der Waals surface area contributed by atoms with E-state index in [1.54, 1.807) is 29.6 Å². The molecule has 1 atom stereocenters. The summed E-state index contributed by atoms with van der Waals surface area (Å²) in [6.45, 7) is 11.5. The summed E-state index contributed by atoms with van der Waals surface area (Å²) >= 11 is 3.40. The molecule has 218 valence electrons. The van der Waals surface area contributed by atoms with Crippen molar-refractivity contribution in [2.24, 2.45) is 0 Å². The highest BCUT2D eigenvalue weighted by Gasteiger charge is 2.25. The van der Waals surface area contributed by atoms with Crippen molar-refractivity contribution >= 4 is 50.5 Å². The van der Waals surface area contributed by atoms with Crippen LogP contribution in [0.4, 0.5) is 10.9 Å². The molecule has 0 aliphatic carbocycles. The molecule has 0 spiro atoms. The largest absolute Gasteiger partial charge is 0.378 e. The lowest BCUT2D eigenvalue weighted by molar-refractivity contribution is -0.117. The van der Waals surface area contributed by atoms with Crippen molar-refractivity contribution < 1.29 is 9.53 Å². The molecular formula is C29H38N8O2S2. The van der Waals surface area contributed by atoms with E-state index in [1.165, 1.54) is 16.5 Å². The zero-order valence-corrected chi connectivity index (χ0v) is 25.0. The number of nitrogens with zero attached hydrogens (tertiary/aromatic N) is 6. The Morgan fingerprint density at radius 1 is 1.10 bits per heavy atom. The monoisotopic (exact) mass is 594 g/mol. The minimum absolute atomic E-state index is 0.0838. The van der Waals surface area contributed by atoms with E-state index < -0.39 is 0 Å². The van der Waals surface area contributed by atoms with Gasteiger partial charge in [0.15, 0.2) is 15.8 Å². The fourth-order valence-electron chi connectivity index (χ4n) is 5.76. The molecule has 5 heterocycles. The van der Waals surface area contributed by atoms with E-state index in [2.05, 4.69) is 65.6 Å². The van der Waals surface area contributed by atoms with Gasteiger partial charge >= 0.3 is 0 Å². The zero-order chi connectivity index (χ0) is 28.0. The highest BCUT2D eigenvalue weighted by Crippen LogP contribution is 2.33. The van der Waals surface area contributed by atoms with Gasteiger partial charge in [0.1, 0.15) is 11.8 Å². The number of anilines is 2. The fourth-order valence-corrected chi connectivity index (χ4v) is 7.61. The van der Waals surface area contributed by atoms with Gasteiger partial charge in [-0.05, 0) is 67.9 Å². The molecule has 3 aromatic rings. The van der Waals surface area contributed by atoms with Crippen LogP contribution < -0.4 is 19.8 Å². The van der Waals surface area contributed by atoms with Gasteiger partial charge in [0.2, 0.25) is 5.91 Å². The second-order valence-corrected chi connectivity index (χ2v) is 12.7. The summed E-state index contributed by atoms with van der Waals surface area (Å²) in [6, 6.07) is 9.45. The maximum Gasteiger partial charge on any atom is 0.243 e. The van der Waals surface area contributed by atoms with Crippen LogP contribution in [0.3, 0.4) is 0 Å². The molecule has 0 bridgehead atoms. The summed E-state index contributed by atoms with van der Waals surface area (Å²) in [7, 11) is 0. The lowest BCUT2D eigenvalue weighted by Gasteiger charge is -2.33. The first kappa shape index (κ1) is 28.4. The van der Waals surface area contributed by atoms with Crippen LogP contribution in [0.1, 0.15) is 31.2 Å². The van der Waals surface area contributed by atoms with Gasteiger partial charge in [0, 0.05) is 56.2 Å². The quantitative estimate of drug-likeness (QED) is 0.283. The van der Waals surface area contributed by atoms with Crippen LogP contribution in [0.5, 0.6) is 0 Å². The summed E-state index contributed by atoms with van der Waals surface area (Å²) in [6.07, 6.45) is 7.26. The molecule has 3 fully saturated rings. The standard InChI is InChI=1S/C29H38N8O2S2/c1-2-25(38)32-23-6-4-10-35(19-23)18-21-5-3-7-24(17-21)41-34-22-8-11-37(12-9-22)29-33-26-27(30-20-31-28(26)40-29)36-13-15-39-16-14-36/h2-3,5,7,17,20,22-23,34H,1,4,6,8-16,18-19H2,(H,32,38)/t23-/m1/s1. The number of fused-ring (bicyclic) bond motifs is 1. The Bertz CT molecular complexity index is 1340. The average Bonchev–Trinajstić information content (AvgIpc) is 3.46. The summed E-state index contributed by atoms with van der Waals surface area (Å²) in [5.74, 6) is 0.843. The van der Waals surface area contributed by atoms with Crippen LogP contribution in [0, 0.1) is 0 Å². The number of benzene rings is 1. The van der Waals surface area contributed by atoms with Gasteiger partial charge in [-0.2, -0.15) is 0 Å². The first-order valence-electron chi connectivity index (χ1n) is 14.5. The molecule has 3 aliphatic rings. The molecule has 1 amide bonds. The number of carbonyl (C=O) groups excluding carboxylic acids is 1. The number of aromatic nitrogens is 3. The number of morpholine rings is 1. The molecule has 2 aromatic heterocycles. The van der Waals surface area contributed by atoms with Crippen molar-refractivity contribution in [3.05, 3.63) is 48.8 Å². The van der Waals surface area contributed by atoms with E-state index in [9.17, 15) is 4.79 Å². The normalized spacial score (nSPS) is 20.8. The Morgan fingerprint density at radius 3 is 2.78 bits per heavy atom. The zero-order valence-electron chi connectivity index (χ0n) is 23.3. The van der Waals surface area contributed by atoms with Crippen LogP contribution in [0.25, 0.3) is 10.3 Å². The van der Waals surface area contributed by atoms with E-state index in [4.69, 9.17) is 9.72 Å². The maximum atomic E-state index is 11.7. The molecule has 10 nitrogen and oxygen atoms in total. The third-order valence-corrected chi connectivity index (χ3v) is 9.89. The number of ether oxygens (including phenoxy) is 1. The predicted molar refractivity (Wildman–Crippen MR) is 166 cm³/mol. The van der Waals surface area contributed by atoms with Crippen molar-refractivity contribution in [1.82, 2.24) is 29.9 Å². The van der Waals surface area contributed by atoms with E-state index in [1.807, 2.05) is 0 Å². The van der Waals surface area contributed by atoms with Gasteiger partial charge in [-0.15, -0.1) is 0 Å². The van der Waals surface area contributed by atoms with E-state index in [-0.39, 0.29) is 11.9 Å². The van der Waals surface area contributed by atoms with Crippen LogP contribution in [0.2, 0.25) is 0 Å². The number of amides is 1. The van der Waals surface area contributed by atoms with E-state index in [0.717, 1.165) is 106 Å². The predicted octanol–water partition coefficient (Wildman–Crippen LogP) is 3.46. The van der Waals surface area contributed by atoms with E-state index in [0.29, 0.717) is 6.04 Å². The minimum Gasteiger partial charge on any atom is -0.378 e. The summed E-state index contributed by atoms with van der Waals surface area (Å²) in [5, 5.41) is 4.10. The Labute approximate surface area is 249 Å². The second kappa shape index (κ2) is 13.5. The molecule has 0 radical (unpaired) electrons. The van der Waals surface area contributed by atoms with Crippen LogP contribution in [-0.4, -0.2) is 90.3 Å². The van der Waals surface area contributed by atoms with Gasteiger partial charge in [0.25, 0.3) is 0 Å². The molecule has 2 N–H and O–H groups in total. The topological polar surface area (TPSA) is 98.8 Å². The van der Waals surface area contributed by atoms with Crippen molar-refractivity contribution in [2.75, 3.05) is 62.3 Å². The molecule has 3 aliphatic heterocycles. The lowest BCUT2D eigenvalue weighted by atomic mass is 10.0. The molecular weight excluding hydrogens is 557 g/mol. The average molecular weight is 595 g/mol. The van der Waals surface area contributed by atoms with E-state index >= 15 is 0 Å². The third kappa shape index (κ3) is 7.18. The Hall–Kier alpha value is -2.77. The minimum atomic E-state index is -0.0838. The number of likely N-dealkylation sites (tertiary alicyclic amines) is 1. The van der Waals surface area contributed by atoms with Crippen molar-refractivity contribution in [1.29, 1.82) is 0 Å². The molecule has 0 saturated carbocycles. The maximum absolute atomic E-state index is 11.7. The summed E-state index contributed by atoms with van der Waals surface area (Å²) < 4.78 is 9.23. The first-order chi connectivity index (χ1) is 20.1. The molecule has 6 rings (SSSR count). The van der Waals surface area contributed by atoms with Crippen LogP contribution >= 0.6 is 23.3 Å². The Kier molecular flexibility index (Phi) is 9.32. The van der Waals surface area contributed by atoms with Crippen molar-refractivity contribution in [3.63, 3.8) is 0 Å². The molecule has 41 heavy (non-hydrogen) atoms. The van der Waals surface area contributed by atoms with Crippen LogP contribution in [-0.2, 0) is 16.1 Å². The second-order valence-electron chi connectivity index (χ2n) is 10.9. The van der Waals surface area contributed by atoms with Crippen LogP contribution in [0.15, 0.2) is 48.1 Å². The number of piperidine rings is 2. The fraction of sp³-hybridized carbons (Fsp3) is 0.517. The highest BCUT2D eigenvalue weighted by molar-refractivity contribution is 7.97. The summed E-state index contributed by atoms with van der Waals surface area (Å²) in [5.41, 5.74) is 2.21. The number of carbonyl (C=O) groups is 1. The first-order valence-corrected chi connectivity index (χ1v) is 16.1. The lowest BCUT2D eigenvalue weighted by Crippen LogP contribution is -2.46. The van der Waals surface area contributed by atoms with Crippen molar-refractivity contribution in [2.45, 2.75) is 49.2 Å². The number of rotatable bonds is 9. The molecule has 3 saturated heterocycles. The van der Waals surface area contributed by atoms with Gasteiger partial charge < -0.3 is 19.9 Å². The molecule has 0 unspecified atom stereocenters. The van der Waals surface area contributed by atoms with Crippen molar-refractivity contribution in [3.8, 4) is 0 Å². The SMILES string of the molecule is C=CC(=O)N[C@@H]1CCCN(Cc2cccc(SNC3CCN(c4nc5c(N6CCOCC6)ncnc5s4)CC3)c2)C1. The highest BCUT2D eigenvalue weighted by atomic mass is 32.2. The van der Waals surface area contributed by atoms with Gasteiger partial charge in [0.05, 0.1) is 13.2 Å². The number of nitrogens with one attached hydrogen (secondary N) is 2. The van der Waals surface area contributed by atoms with Gasteiger partial charge in [-0.25, -0.2) is 15.0 Å². The Morgan fingerprint density at radius 2 is 1.95 bits per heavy atom. The third-order valence-electron chi connectivity index (χ3n) is 7.93. The van der Waals surface area contributed by atoms with Gasteiger partial charge in [-0.3, -0.25) is 14.4 Å². The number of hydrogen-bond donors (Lipinski definition) is 2. The summed E-state index contributed by atoms with van der Waals surface area (Å²) in [4.78, 5) is 35.0. The Balaban J connectivity index is 0.993. The number of hydrogen-bond acceptors (Lipinski definition) is 11.